The molecular formula is C18H12ClNO2S. The van der Waals surface area contributed by atoms with Gasteiger partial charge < -0.3 is 9.40 Å². The predicted octanol–water partition coefficient (Wildman–Crippen LogP) is 5.32. The number of hydrogen-bond donors (Lipinski definition) is 1. The molecule has 5 heteroatoms. The van der Waals surface area contributed by atoms with Gasteiger partial charge in [-0.05, 0) is 36.1 Å². The number of furan rings is 1. The van der Waals surface area contributed by atoms with Crippen LogP contribution in [0.2, 0.25) is 5.02 Å². The van der Waals surface area contributed by atoms with Crippen molar-refractivity contribution in [3.8, 4) is 11.1 Å². The van der Waals surface area contributed by atoms with Crippen LogP contribution in [0.25, 0.3) is 33.2 Å². The molecule has 2 aromatic carbocycles. The van der Waals surface area contributed by atoms with Crippen molar-refractivity contribution < 1.29 is 4.42 Å². The quantitative estimate of drug-likeness (QED) is 0.502. The lowest BCUT2D eigenvalue weighted by Crippen LogP contribution is -2.09. The highest BCUT2D eigenvalue weighted by molar-refractivity contribution is 7.98. The molecular weight excluding hydrogens is 330 g/mol. The van der Waals surface area contributed by atoms with E-state index < -0.39 is 0 Å². The van der Waals surface area contributed by atoms with Crippen molar-refractivity contribution in [1.82, 2.24) is 4.98 Å². The predicted molar refractivity (Wildman–Crippen MR) is 96.6 cm³/mol. The monoisotopic (exact) mass is 341 g/mol. The van der Waals surface area contributed by atoms with Crippen LogP contribution in [-0.4, -0.2) is 11.2 Å². The van der Waals surface area contributed by atoms with Crippen molar-refractivity contribution in [3.63, 3.8) is 0 Å². The van der Waals surface area contributed by atoms with Crippen LogP contribution in [0, 0.1) is 0 Å². The zero-order valence-corrected chi connectivity index (χ0v) is 13.8. The molecule has 0 atom stereocenters. The number of benzene rings is 2. The Morgan fingerprint density at radius 2 is 1.96 bits per heavy atom. The third-order valence-electron chi connectivity index (χ3n) is 3.81. The van der Waals surface area contributed by atoms with Crippen LogP contribution in [-0.2, 0) is 0 Å². The zero-order valence-electron chi connectivity index (χ0n) is 12.2. The third-order valence-corrected chi connectivity index (χ3v) is 4.84. The summed E-state index contributed by atoms with van der Waals surface area (Å²) in [6, 6.07) is 15.2. The van der Waals surface area contributed by atoms with Crippen LogP contribution < -0.4 is 5.56 Å². The van der Waals surface area contributed by atoms with Gasteiger partial charge in [-0.1, -0.05) is 35.9 Å². The molecule has 2 aromatic heterocycles. The fourth-order valence-corrected chi connectivity index (χ4v) is 3.67. The SMILES string of the molecule is CSc1c(-c2cccc(Cl)c2)c2oc3ccccc3c2[nH]c1=O. The molecule has 0 fully saturated rings. The normalized spacial score (nSPS) is 11.4. The maximum Gasteiger partial charge on any atom is 0.262 e. The number of hydrogen-bond acceptors (Lipinski definition) is 3. The second-order valence-electron chi connectivity index (χ2n) is 5.18. The summed E-state index contributed by atoms with van der Waals surface area (Å²) < 4.78 is 6.05. The molecule has 0 aliphatic rings. The van der Waals surface area contributed by atoms with Gasteiger partial charge in [0.15, 0.2) is 5.58 Å². The number of fused-ring (bicyclic) bond motifs is 3. The minimum absolute atomic E-state index is 0.119. The van der Waals surface area contributed by atoms with E-state index in [1.807, 2.05) is 54.8 Å². The summed E-state index contributed by atoms with van der Waals surface area (Å²) >= 11 is 7.54. The number of H-pyrrole nitrogens is 1. The average molecular weight is 342 g/mol. The summed E-state index contributed by atoms with van der Waals surface area (Å²) in [6.07, 6.45) is 1.88. The van der Waals surface area contributed by atoms with Crippen LogP contribution in [0.5, 0.6) is 0 Å². The summed E-state index contributed by atoms with van der Waals surface area (Å²) in [4.78, 5) is 16.1. The number of aromatic nitrogens is 1. The summed E-state index contributed by atoms with van der Waals surface area (Å²) in [5.41, 5.74) is 3.69. The van der Waals surface area contributed by atoms with E-state index in [9.17, 15) is 4.79 Å². The Kier molecular flexibility index (Phi) is 3.43. The van der Waals surface area contributed by atoms with E-state index in [1.54, 1.807) is 0 Å². The Morgan fingerprint density at radius 3 is 2.74 bits per heavy atom. The summed E-state index contributed by atoms with van der Waals surface area (Å²) in [7, 11) is 0. The smallest absolute Gasteiger partial charge is 0.262 e. The third kappa shape index (κ3) is 2.26. The number of aromatic amines is 1. The molecule has 114 valence electrons. The minimum Gasteiger partial charge on any atom is -0.454 e. The Balaban J connectivity index is 2.21. The van der Waals surface area contributed by atoms with Crippen LogP contribution in [0.15, 0.2) is 62.6 Å². The molecule has 0 saturated heterocycles. The topological polar surface area (TPSA) is 46.0 Å². The largest absolute Gasteiger partial charge is 0.454 e. The standard InChI is InChI=1S/C18H12ClNO2S/c1-23-17-14(10-5-4-6-11(19)9-10)16-15(20-18(17)21)12-7-2-3-8-13(12)22-16/h2-9H,1H3,(H,20,21). The van der Waals surface area contributed by atoms with E-state index in [-0.39, 0.29) is 5.56 Å². The van der Waals surface area contributed by atoms with Gasteiger partial charge in [-0.25, -0.2) is 0 Å². The number of thioether (sulfide) groups is 1. The number of rotatable bonds is 2. The highest BCUT2D eigenvalue weighted by Gasteiger charge is 2.19. The van der Waals surface area contributed by atoms with Crippen LogP contribution in [0.3, 0.4) is 0 Å². The molecule has 2 heterocycles. The maximum absolute atomic E-state index is 12.5. The van der Waals surface area contributed by atoms with Crippen LogP contribution in [0.4, 0.5) is 0 Å². The Labute approximate surface area is 141 Å². The molecule has 0 aliphatic heterocycles. The molecule has 0 radical (unpaired) electrons. The molecule has 23 heavy (non-hydrogen) atoms. The minimum atomic E-state index is -0.119. The number of para-hydroxylation sites is 1. The van der Waals surface area contributed by atoms with Crippen molar-refractivity contribution in [1.29, 1.82) is 0 Å². The molecule has 1 N–H and O–H groups in total. The number of pyridine rings is 1. The van der Waals surface area contributed by atoms with Crippen molar-refractivity contribution in [3.05, 3.63) is 63.9 Å². The van der Waals surface area contributed by atoms with Gasteiger partial charge in [-0.15, -0.1) is 11.8 Å². The van der Waals surface area contributed by atoms with Gasteiger partial charge in [0.05, 0.1) is 10.4 Å². The first-order chi connectivity index (χ1) is 11.2. The highest BCUT2D eigenvalue weighted by atomic mass is 35.5. The Bertz CT molecular complexity index is 1100. The van der Waals surface area contributed by atoms with Gasteiger partial charge in [0.1, 0.15) is 5.58 Å². The second kappa shape index (κ2) is 5.48. The Morgan fingerprint density at radius 1 is 1.13 bits per heavy atom. The first-order valence-electron chi connectivity index (χ1n) is 7.06. The van der Waals surface area contributed by atoms with E-state index in [0.29, 0.717) is 15.5 Å². The maximum atomic E-state index is 12.5. The van der Waals surface area contributed by atoms with Gasteiger partial charge in [0.25, 0.3) is 5.56 Å². The number of halogens is 1. The molecule has 0 bridgehead atoms. The number of nitrogens with one attached hydrogen (secondary N) is 1. The molecule has 0 saturated carbocycles. The fourth-order valence-electron chi connectivity index (χ4n) is 2.83. The zero-order chi connectivity index (χ0) is 16.0. The molecule has 0 unspecified atom stereocenters. The first-order valence-corrected chi connectivity index (χ1v) is 8.67. The van der Waals surface area contributed by atoms with Crippen molar-refractivity contribution in [2.45, 2.75) is 4.90 Å². The van der Waals surface area contributed by atoms with Gasteiger partial charge in [0.2, 0.25) is 0 Å². The average Bonchev–Trinajstić information content (AvgIpc) is 2.91. The van der Waals surface area contributed by atoms with Crippen LogP contribution >= 0.6 is 23.4 Å². The van der Waals surface area contributed by atoms with E-state index in [0.717, 1.165) is 27.6 Å². The van der Waals surface area contributed by atoms with Crippen molar-refractivity contribution >= 4 is 45.4 Å². The lowest BCUT2D eigenvalue weighted by Gasteiger charge is -2.08. The van der Waals surface area contributed by atoms with E-state index >= 15 is 0 Å². The summed E-state index contributed by atoms with van der Waals surface area (Å²) in [6.45, 7) is 0. The summed E-state index contributed by atoms with van der Waals surface area (Å²) in [5, 5.41) is 1.52. The van der Waals surface area contributed by atoms with E-state index in [1.165, 1.54) is 11.8 Å². The van der Waals surface area contributed by atoms with Crippen molar-refractivity contribution in [2.75, 3.05) is 6.26 Å². The molecule has 4 aromatic rings. The van der Waals surface area contributed by atoms with E-state index in [4.69, 9.17) is 16.0 Å². The second-order valence-corrected chi connectivity index (χ2v) is 6.43. The van der Waals surface area contributed by atoms with Gasteiger partial charge in [-0.2, -0.15) is 0 Å². The van der Waals surface area contributed by atoms with Gasteiger partial charge in [-0.3, -0.25) is 4.79 Å². The lowest BCUT2D eigenvalue weighted by atomic mass is 10.1. The highest BCUT2D eigenvalue weighted by Crippen LogP contribution is 2.38. The first kappa shape index (κ1) is 14.4. The molecule has 0 spiro atoms. The van der Waals surface area contributed by atoms with Crippen molar-refractivity contribution in [2.24, 2.45) is 0 Å². The molecule has 0 aliphatic carbocycles. The molecule has 0 amide bonds. The van der Waals surface area contributed by atoms with Crippen LogP contribution in [0.1, 0.15) is 0 Å². The molecule has 4 rings (SSSR count). The fraction of sp³-hybridized carbons (Fsp3) is 0.0556. The molecule has 3 nitrogen and oxygen atoms in total. The lowest BCUT2D eigenvalue weighted by molar-refractivity contribution is 0.667. The Hall–Kier alpha value is -2.17. The van der Waals surface area contributed by atoms with Gasteiger partial charge >= 0.3 is 0 Å². The van der Waals surface area contributed by atoms with Gasteiger partial charge in [0, 0.05) is 16.0 Å². The summed E-state index contributed by atoms with van der Waals surface area (Å²) in [5.74, 6) is 0. The van der Waals surface area contributed by atoms with E-state index in [2.05, 4.69) is 4.98 Å².